The van der Waals surface area contributed by atoms with Crippen molar-refractivity contribution < 1.29 is 58.7 Å². The SMILES string of the molecule is CC[C@H](C)[C@H]1O[C@]2(CC[C@@H]1C)C[C@@H]1C[C@@H](C/C=C(\C)[C@@H](O[C@@H]3O[C@H](CO)[C@@H](O)[C@H](N=[N+]=[N-])[C@H]3O)[C@@H](C)/C=C/C=C3\CO[C@@H]4[C@H](O)C(C)=C[C@@H](C(=O)O1)[C@]34O)O2. The van der Waals surface area contributed by atoms with Crippen molar-refractivity contribution in [2.24, 2.45) is 28.8 Å². The predicted molar refractivity (Wildman–Crippen MR) is 198 cm³/mol. The van der Waals surface area contributed by atoms with Gasteiger partial charge in [0.05, 0.1) is 43.7 Å². The van der Waals surface area contributed by atoms with Crippen LogP contribution in [0.2, 0.25) is 0 Å². The molecule has 0 amide bonds. The molecule has 6 rings (SSSR count). The van der Waals surface area contributed by atoms with Crippen LogP contribution in [0.4, 0.5) is 0 Å². The summed E-state index contributed by atoms with van der Waals surface area (Å²) >= 11 is 0. The van der Waals surface area contributed by atoms with Crippen molar-refractivity contribution in [3.63, 3.8) is 0 Å². The summed E-state index contributed by atoms with van der Waals surface area (Å²) < 4.78 is 38.3. The molecular formula is C40H59N3O12. The molecule has 6 aliphatic rings. The predicted octanol–water partition coefficient (Wildman–Crippen LogP) is 3.67. The number of carbonyl (C=O) groups is 1. The van der Waals surface area contributed by atoms with Gasteiger partial charge in [-0.15, -0.1) is 0 Å². The third-order valence-electron chi connectivity index (χ3n) is 12.8. The smallest absolute Gasteiger partial charge is 0.316 e. The molecule has 0 unspecified atom stereocenters. The van der Waals surface area contributed by atoms with Gasteiger partial charge in [0, 0.05) is 30.1 Å². The highest BCUT2D eigenvalue weighted by Gasteiger charge is 2.60. The molecule has 17 atom stereocenters. The number of esters is 1. The zero-order valence-electron chi connectivity index (χ0n) is 32.6. The molecule has 2 bridgehead atoms. The van der Waals surface area contributed by atoms with Gasteiger partial charge in [0.15, 0.2) is 12.1 Å². The van der Waals surface area contributed by atoms with E-state index in [9.17, 15) is 30.3 Å². The first kappa shape index (κ1) is 42.0. The van der Waals surface area contributed by atoms with Crippen molar-refractivity contribution in [2.75, 3.05) is 13.2 Å². The maximum Gasteiger partial charge on any atom is 0.316 e. The van der Waals surface area contributed by atoms with Crippen LogP contribution in [0.15, 0.2) is 52.2 Å². The quantitative estimate of drug-likeness (QED) is 0.0858. The monoisotopic (exact) mass is 773 g/mol. The van der Waals surface area contributed by atoms with Gasteiger partial charge in [0.25, 0.3) is 0 Å². The van der Waals surface area contributed by atoms with Crippen LogP contribution in [0, 0.1) is 23.7 Å². The summed E-state index contributed by atoms with van der Waals surface area (Å²) in [4.78, 5) is 17.0. The largest absolute Gasteiger partial charge is 0.462 e. The number of carbonyl (C=O) groups excluding carboxylic acids is 1. The van der Waals surface area contributed by atoms with Gasteiger partial charge in [0.1, 0.15) is 42.0 Å². The lowest BCUT2D eigenvalue weighted by molar-refractivity contribution is -0.340. The lowest BCUT2D eigenvalue weighted by Gasteiger charge is -2.51. The van der Waals surface area contributed by atoms with Crippen molar-refractivity contribution in [2.45, 2.75) is 159 Å². The molecule has 4 fully saturated rings. The Hall–Kier alpha value is -2.66. The third kappa shape index (κ3) is 8.22. The van der Waals surface area contributed by atoms with E-state index in [0.29, 0.717) is 42.7 Å². The minimum Gasteiger partial charge on any atom is -0.462 e. The number of aliphatic hydroxyl groups is 5. The van der Waals surface area contributed by atoms with E-state index in [1.807, 2.05) is 26.0 Å². The second-order valence-corrected chi connectivity index (χ2v) is 16.6. The van der Waals surface area contributed by atoms with E-state index in [4.69, 9.17) is 34.0 Å². The van der Waals surface area contributed by atoms with Crippen LogP contribution in [0.3, 0.4) is 0 Å². The summed E-state index contributed by atoms with van der Waals surface area (Å²) in [5, 5.41) is 58.8. The van der Waals surface area contributed by atoms with Crippen LogP contribution < -0.4 is 0 Å². The Kier molecular flexibility index (Phi) is 13.0. The molecule has 0 aromatic carbocycles. The molecule has 0 radical (unpaired) electrons. The summed E-state index contributed by atoms with van der Waals surface area (Å²) in [6.07, 6.45) is 2.68. The fraction of sp³-hybridized carbons (Fsp3) is 0.775. The van der Waals surface area contributed by atoms with Gasteiger partial charge in [-0.2, -0.15) is 0 Å². The Balaban J connectivity index is 1.39. The standard InChI is InChI=1S/C40H59N3O12/c1-7-20(2)35-23(5)13-14-39(55-35)17-27-16-26(54-39)12-11-22(4)34(53-38-33(47)30(42-43-41)32(46)29(18-44)52-38)21(3)9-8-10-25-19-50-36-31(45)24(6)15-28(37(48)51-27)40(25,36)49/h8-11,15,20-21,23,26-36,38,44-47,49H,7,12-14,16-19H2,1-6H3/b9-8+,22-11+,25-10+/t20-,21-,23-,26+,27-,28-,29+,30-,31+,32+,33+,34-,35+,36+,38-,39+,40+/m0/s1. The minimum absolute atomic E-state index is 0.0278. The van der Waals surface area contributed by atoms with Gasteiger partial charge in [-0.1, -0.05) is 69.6 Å². The molecule has 0 aromatic rings. The Morgan fingerprint density at radius 2 is 1.89 bits per heavy atom. The summed E-state index contributed by atoms with van der Waals surface area (Å²) in [5.74, 6) is -2.56. The van der Waals surface area contributed by atoms with Crippen molar-refractivity contribution in [1.29, 1.82) is 0 Å². The van der Waals surface area contributed by atoms with Gasteiger partial charge in [-0.3, -0.25) is 4.79 Å². The van der Waals surface area contributed by atoms with Gasteiger partial charge >= 0.3 is 5.97 Å². The van der Waals surface area contributed by atoms with Gasteiger partial charge in [0.2, 0.25) is 0 Å². The first-order valence-corrected chi connectivity index (χ1v) is 19.8. The zero-order chi connectivity index (χ0) is 39.8. The topological polar surface area (TPSA) is 222 Å². The van der Waals surface area contributed by atoms with E-state index in [1.165, 1.54) is 0 Å². The van der Waals surface area contributed by atoms with Gasteiger partial charge in [-0.25, -0.2) is 0 Å². The number of aliphatic hydroxyl groups excluding tert-OH is 4. The Morgan fingerprint density at radius 3 is 2.60 bits per heavy atom. The molecule has 15 nitrogen and oxygen atoms in total. The molecule has 5 heterocycles. The van der Waals surface area contributed by atoms with Crippen LogP contribution in [-0.2, 0) is 33.2 Å². The number of hydrogen-bond donors (Lipinski definition) is 5. The number of hydrogen-bond acceptors (Lipinski definition) is 13. The summed E-state index contributed by atoms with van der Waals surface area (Å²) in [6.45, 7) is 11.3. The second kappa shape index (κ2) is 17.1. The Morgan fingerprint density at radius 1 is 1.13 bits per heavy atom. The van der Waals surface area contributed by atoms with Crippen molar-refractivity contribution >= 4 is 5.97 Å². The highest BCUT2D eigenvalue weighted by molar-refractivity contribution is 5.78. The van der Waals surface area contributed by atoms with Crippen molar-refractivity contribution in [1.82, 2.24) is 0 Å². The lowest BCUT2D eigenvalue weighted by atomic mass is 9.71. The number of fused-ring (bicyclic) bond motifs is 2. The van der Waals surface area contributed by atoms with Crippen LogP contribution in [0.1, 0.15) is 80.1 Å². The normalized spacial score (nSPS) is 48.2. The molecule has 5 aliphatic heterocycles. The van der Waals surface area contributed by atoms with Gasteiger partial charge < -0.3 is 54.0 Å². The average molecular weight is 774 g/mol. The average Bonchev–Trinajstić information content (AvgIpc) is 3.50. The molecule has 15 heteroatoms. The second-order valence-electron chi connectivity index (χ2n) is 16.6. The van der Waals surface area contributed by atoms with E-state index in [-0.39, 0.29) is 18.6 Å². The maximum atomic E-state index is 14.2. The zero-order valence-corrected chi connectivity index (χ0v) is 32.6. The van der Waals surface area contributed by atoms with Crippen molar-refractivity contribution in [3.8, 4) is 0 Å². The fourth-order valence-electron chi connectivity index (χ4n) is 9.29. The summed E-state index contributed by atoms with van der Waals surface area (Å²) in [7, 11) is 0. The van der Waals surface area contributed by atoms with E-state index < -0.39 is 97.0 Å². The number of rotatable bonds is 6. The first-order valence-electron chi connectivity index (χ1n) is 19.8. The van der Waals surface area contributed by atoms with Crippen LogP contribution in [0.5, 0.6) is 0 Å². The molecular weight excluding hydrogens is 714 g/mol. The molecule has 4 saturated heterocycles. The number of ether oxygens (including phenoxy) is 6. The highest BCUT2D eigenvalue weighted by atomic mass is 16.7. The maximum absolute atomic E-state index is 14.2. The Bertz CT molecular complexity index is 1580. The third-order valence-corrected chi connectivity index (χ3v) is 12.8. The fourth-order valence-corrected chi connectivity index (χ4v) is 9.29. The molecule has 0 saturated carbocycles. The first-order chi connectivity index (χ1) is 26.2. The number of azide groups is 1. The summed E-state index contributed by atoms with van der Waals surface area (Å²) in [5.41, 5.74) is 8.92. The highest BCUT2D eigenvalue weighted by Crippen LogP contribution is 2.48. The number of allylic oxidation sites excluding steroid dienone is 2. The molecule has 1 spiro atoms. The van der Waals surface area contributed by atoms with E-state index in [2.05, 4.69) is 30.8 Å². The van der Waals surface area contributed by atoms with Crippen molar-refractivity contribution in [3.05, 3.63) is 57.5 Å². The molecule has 5 N–H and O–H groups in total. The minimum atomic E-state index is -1.89. The van der Waals surface area contributed by atoms with Gasteiger partial charge in [-0.05, 0) is 60.8 Å². The van der Waals surface area contributed by atoms with Crippen LogP contribution in [0.25, 0.3) is 10.4 Å². The molecule has 306 valence electrons. The van der Waals surface area contributed by atoms with Crippen LogP contribution >= 0.6 is 0 Å². The molecule has 0 aromatic heterocycles. The Labute approximate surface area is 322 Å². The van der Waals surface area contributed by atoms with E-state index >= 15 is 0 Å². The van der Waals surface area contributed by atoms with Crippen LogP contribution in [-0.4, -0.2) is 123 Å². The summed E-state index contributed by atoms with van der Waals surface area (Å²) in [6, 6.07) is -1.33. The number of nitrogens with zero attached hydrogens (tertiary/aromatic N) is 3. The lowest BCUT2D eigenvalue weighted by Crippen LogP contribution is -2.59. The molecule has 1 aliphatic carbocycles. The van der Waals surface area contributed by atoms with E-state index in [1.54, 1.807) is 25.2 Å². The van der Waals surface area contributed by atoms with E-state index in [0.717, 1.165) is 18.4 Å². The molecule has 55 heavy (non-hydrogen) atoms.